The molecule has 2 aromatic carbocycles. The summed E-state index contributed by atoms with van der Waals surface area (Å²) >= 11 is 12.1. The molecule has 2 rings (SSSR count). The van der Waals surface area contributed by atoms with Crippen molar-refractivity contribution >= 4 is 29.1 Å². The van der Waals surface area contributed by atoms with Gasteiger partial charge in [-0.1, -0.05) is 41.4 Å². The molecule has 128 valence electrons. The summed E-state index contributed by atoms with van der Waals surface area (Å²) in [5, 5.41) is 4.23. The van der Waals surface area contributed by atoms with Crippen LogP contribution in [0.2, 0.25) is 10.0 Å². The lowest BCUT2D eigenvalue weighted by Crippen LogP contribution is -3.07. The minimum absolute atomic E-state index is 0.0420. The first-order valence-electron chi connectivity index (χ1n) is 7.67. The van der Waals surface area contributed by atoms with Crippen LogP contribution in [0.1, 0.15) is 11.6 Å². The number of ether oxygens (including phenoxy) is 1. The first-order chi connectivity index (χ1) is 11.5. The molecule has 1 amide bonds. The first kappa shape index (κ1) is 18.6. The van der Waals surface area contributed by atoms with Crippen LogP contribution >= 0.6 is 23.2 Å². The van der Waals surface area contributed by atoms with Gasteiger partial charge in [-0.05, 0) is 30.3 Å². The van der Waals surface area contributed by atoms with E-state index < -0.39 is 0 Å². The highest BCUT2D eigenvalue weighted by Gasteiger charge is 2.21. The Morgan fingerprint density at radius 1 is 1.12 bits per heavy atom. The number of benzene rings is 2. The largest absolute Gasteiger partial charge is 0.484 e. The molecule has 0 fully saturated rings. The average molecular weight is 368 g/mol. The third-order valence-corrected chi connectivity index (χ3v) is 4.26. The summed E-state index contributed by atoms with van der Waals surface area (Å²) in [7, 11) is 4.06. The molecule has 1 atom stereocenters. The van der Waals surface area contributed by atoms with Gasteiger partial charge in [-0.25, -0.2) is 0 Å². The van der Waals surface area contributed by atoms with Gasteiger partial charge in [0.05, 0.1) is 20.6 Å². The normalized spacial score (nSPS) is 12.0. The van der Waals surface area contributed by atoms with E-state index in [-0.39, 0.29) is 18.6 Å². The van der Waals surface area contributed by atoms with Crippen LogP contribution < -0.4 is 15.0 Å². The van der Waals surface area contributed by atoms with Gasteiger partial charge in [-0.15, -0.1) is 0 Å². The van der Waals surface area contributed by atoms with Crippen LogP contribution in [0.15, 0.2) is 48.5 Å². The lowest BCUT2D eigenvalue weighted by Gasteiger charge is -2.23. The van der Waals surface area contributed by atoms with Gasteiger partial charge in [0, 0.05) is 15.6 Å². The zero-order valence-electron chi connectivity index (χ0n) is 13.7. The van der Waals surface area contributed by atoms with E-state index >= 15 is 0 Å². The Labute approximate surface area is 152 Å². The van der Waals surface area contributed by atoms with Crippen LogP contribution in [-0.4, -0.2) is 33.2 Å². The quantitative estimate of drug-likeness (QED) is 0.788. The van der Waals surface area contributed by atoms with Crippen molar-refractivity contribution in [2.45, 2.75) is 6.04 Å². The molecule has 0 aliphatic heterocycles. The number of amides is 1. The van der Waals surface area contributed by atoms with Crippen LogP contribution in [0.5, 0.6) is 5.75 Å². The third-order valence-electron chi connectivity index (χ3n) is 3.66. The Morgan fingerprint density at radius 2 is 1.79 bits per heavy atom. The highest BCUT2D eigenvalue weighted by Crippen LogP contribution is 2.20. The maximum absolute atomic E-state index is 12.0. The van der Waals surface area contributed by atoms with Crippen LogP contribution in [0.4, 0.5) is 0 Å². The number of carbonyl (C=O) groups is 1. The first-order valence-corrected chi connectivity index (χ1v) is 8.42. The van der Waals surface area contributed by atoms with E-state index in [0.717, 1.165) is 5.56 Å². The molecule has 2 aromatic rings. The lowest BCUT2D eigenvalue weighted by atomic mass is 10.1. The summed E-state index contributed by atoms with van der Waals surface area (Å²) < 4.78 is 5.44. The van der Waals surface area contributed by atoms with Crippen LogP contribution in [0, 0.1) is 0 Å². The number of carbonyl (C=O) groups excluding carboxylic acids is 1. The highest BCUT2D eigenvalue weighted by atomic mass is 35.5. The smallest absolute Gasteiger partial charge is 0.258 e. The van der Waals surface area contributed by atoms with Crippen molar-refractivity contribution in [3.63, 3.8) is 0 Å². The number of rotatable bonds is 7. The van der Waals surface area contributed by atoms with E-state index in [1.807, 2.05) is 38.4 Å². The molecule has 0 spiro atoms. The Hall–Kier alpha value is -1.75. The van der Waals surface area contributed by atoms with Gasteiger partial charge < -0.3 is 15.0 Å². The van der Waals surface area contributed by atoms with Crippen molar-refractivity contribution < 1.29 is 14.4 Å². The molecule has 0 unspecified atom stereocenters. The summed E-state index contributed by atoms with van der Waals surface area (Å²) in [5.41, 5.74) is 1.01. The molecule has 24 heavy (non-hydrogen) atoms. The maximum atomic E-state index is 12.0. The Balaban J connectivity index is 1.88. The Morgan fingerprint density at radius 3 is 2.42 bits per heavy atom. The van der Waals surface area contributed by atoms with Crippen molar-refractivity contribution in [3.8, 4) is 5.75 Å². The van der Waals surface area contributed by atoms with Gasteiger partial charge in [-0.3, -0.25) is 4.79 Å². The molecule has 0 aliphatic rings. The van der Waals surface area contributed by atoms with Crippen LogP contribution in [0.3, 0.4) is 0 Å². The topological polar surface area (TPSA) is 42.8 Å². The monoisotopic (exact) mass is 367 g/mol. The second-order valence-corrected chi connectivity index (χ2v) is 6.54. The average Bonchev–Trinajstić information content (AvgIpc) is 2.56. The van der Waals surface area contributed by atoms with Crippen molar-refractivity contribution in [2.75, 3.05) is 27.2 Å². The number of nitrogens with one attached hydrogen (secondary N) is 2. The number of likely N-dealkylation sites (N-methyl/N-ethyl adjacent to an activating group) is 1. The predicted octanol–water partition coefficient (Wildman–Crippen LogP) is 2.37. The van der Waals surface area contributed by atoms with Gasteiger partial charge in [0.25, 0.3) is 5.91 Å². The lowest BCUT2D eigenvalue weighted by molar-refractivity contribution is -0.890. The third kappa shape index (κ3) is 5.41. The molecule has 6 heteroatoms. The van der Waals surface area contributed by atoms with Crippen LogP contribution in [-0.2, 0) is 4.79 Å². The fourth-order valence-corrected chi connectivity index (χ4v) is 2.72. The summed E-state index contributed by atoms with van der Waals surface area (Å²) in [5.74, 6) is 0.429. The standard InChI is InChI=1S/C18H20Cl2N2O2/c1-22(2)17(15-5-3-4-6-16(15)20)11-21-18(23)12-24-14-9-7-13(19)8-10-14/h3-10,17H,11-12H2,1-2H3,(H,21,23)/p+1/t17-/m0/s1. The zero-order chi connectivity index (χ0) is 17.5. The van der Waals surface area contributed by atoms with Gasteiger partial charge in [-0.2, -0.15) is 0 Å². The molecule has 0 bridgehead atoms. The minimum Gasteiger partial charge on any atom is -0.484 e. The molecule has 0 aliphatic carbocycles. The minimum atomic E-state index is -0.178. The number of hydrogen-bond acceptors (Lipinski definition) is 2. The summed E-state index contributed by atoms with van der Waals surface area (Å²) in [6, 6.07) is 14.6. The molecule has 0 saturated heterocycles. The summed E-state index contributed by atoms with van der Waals surface area (Å²) in [6.07, 6.45) is 0. The maximum Gasteiger partial charge on any atom is 0.258 e. The Bertz CT molecular complexity index is 675. The summed E-state index contributed by atoms with van der Waals surface area (Å²) in [6.45, 7) is 0.439. The van der Waals surface area contributed by atoms with Crippen molar-refractivity contribution in [1.82, 2.24) is 5.32 Å². The van der Waals surface area contributed by atoms with E-state index in [9.17, 15) is 4.79 Å². The number of halogens is 2. The number of quaternary nitrogens is 1. The molecule has 2 N–H and O–H groups in total. The van der Waals surface area contributed by atoms with Gasteiger partial charge in [0.15, 0.2) is 6.61 Å². The summed E-state index contributed by atoms with van der Waals surface area (Å²) in [4.78, 5) is 13.2. The fraction of sp³-hybridized carbons (Fsp3) is 0.278. The van der Waals surface area contributed by atoms with Gasteiger partial charge in [0.1, 0.15) is 11.8 Å². The molecular formula is C18H21Cl2N2O2+. The molecule has 0 radical (unpaired) electrons. The number of hydrogen-bond donors (Lipinski definition) is 2. The molecule has 4 nitrogen and oxygen atoms in total. The van der Waals surface area contributed by atoms with E-state index in [4.69, 9.17) is 27.9 Å². The van der Waals surface area contributed by atoms with Crippen LogP contribution in [0.25, 0.3) is 0 Å². The molecule has 0 heterocycles. The van der Waals surface area contributed by atoms with Crippen molar-refractivity contribution in [1.29, 1.82) is 0 Å². The Kier molecular flexibility index (Phi) is 6.91. The zero-order valence-corrected chi connectivity index (χ0v) is 15.2. The molecule has 0 saturated carbocycles. The van der Waals surface area contributed by atoms with E-state index in [2.05, 4.69) is 5.32 Å². The van der Waals surface area contributed by atoms with Gasteiger partial charge >= 0.3 is 0 Å². The molecular weight excluding hydrogens is 347 g/mol. The van der Waals surface area contributed by atoms with E-state index in [1.165, 1.54) is 4.90 Å². The predicted molar refractivity (Wildman–Crippen MR) is 97.0 cm³/mol. The SMILES string of the molecule is C[NH+](C)[C@@H](CNC(=O)COc1ccc(Cl)cc1)c1ccccc1Cl. The van der Waals surface area contributed by atoms with E-state index in [0.29, 0.717) is 22.3 Å². The fourth-order valence-electron chi connectivity index (χ4n) is 2.33. The molecule has 0 aromatic heterocycles. The highest BCUT2D eigenvalue weighted by molar-refractivity contribution is 6.31. The second kappa shape index (κ2) is 8.92. The van der Waals surface area contributed by atoms with Crippen molar-refractivity contribution in [3.05, 3.63) is 64.1 Å². The second-order valence-electron chi connectivity index (χ2n) is 5.70. The van der Waals surface area contributed by atoms with Gasteiger partial charge in [0.2, 0.25) is 0 Å². The van der Waals surface area contributed by atoms with E-state index in [1.54, 1.807) is 24.3 Å². The van der Waals surface area contributed by atoms with Crippen molar-refractivity contribution in [2.24, 2.45) is 0 Å².